The first-order valence-corrected chi connectivity index (χ1v) is 13.6. The van der Waals surface area contributed by atoms with Gasteiger partial charge in [-0.1, -0.05) is 52.2 Å². The molecule has 32 heavy (non-hydrogen) atoms. The molecule has 4 heteroatoms. The lowest BCUT2D eigenvalue weighted by Crippen LogP contribution is -2.53. The summed E-state index contributed by atoms with van der Waals surface area (Å²) in [7, 11) is 0. The second kappa shape index (κ2) is 10.1. The van der Waals surface area contributed by atoms with E-state index < -0.39 is 6.16 Å². The summed E-state index contributed by atoms with van der Waals surface area (Å²) in [5.41, 5.74) is 0.409. The molecule has 182 valence electrons. The van der Waals surface area contributed by atoms with Gasteiger partial charge < -0.3 is 14.2 Å². The Balaban J connectivity index is 1.38. The Morgan fingerprint density at radius 2 is 1.84 bits per heavy atom. The summed E-state index contributed by atoms with van der Waals surface area (Å²) in [6, 6.07) is 0. The zero-order chi connectivity index (χ0) is 22.8. The molecule has 0 heterocycles. The maximum atomic E-state index is 12.4. The summed E-state index contributed by atoms with van der Waals surface area (Å²) in [6.45, 7) is 10.5. The Morgan fingerprint density at radius 1 is 1.00 bits per heavy atom. The van der Waals surface area contributed by atoms with Gasteiger partial charge in [-0.25, -0.2) is 4.79 Å². The lowest BCUT2D eigenvalue weighted by molar-refractivity contribution is -0.109. The molecule has 4 aliphatic carbocycles. The molecule has 0 aliphatic heterocycles. The van der Waals surface area contributed by atoms with E-state index in [1.807, 2.05) is 0 Å². The number of carbonyl (C=O) groups is 1. The molecule has 0 aromatic rings. The van der Waals surface area contributed by atoms with E-state index in [2.05, 4.69) is 39.8 Å². The van der Waals surface area contributed by atoms with E-state index >= 15 is 0 Å². The van der Waals surface area contributed by atoms with E-state index in [0.717, 1.165) is 50.0 Å². The minimum atomic E-state index is -0.441. The molecule has 0 amide bonds. The minimum absolute atomic E-state index is 0.0198. The van der Waals surface area contributed by atoms with Crippen LogP contribution in [-0.2, 0) is 14.2 Å². The predicted octanol–water partition coefficient (Wildman–Crippen LogP) is 7.31. The zero-order valence-corrected chi connectivity index (χ0v) is 20.9. The summed E-state index contributed by atoms with van der Waals surface area (Å²) in [5, 5.41) is 0. The third kappa shape index (κ3) is 4.50. The van der Waals surface area contributed by atoms with Gasteiger partial charge in [-0.15, -0.1) is 0 Å². The van der Waals surface area contributed by atoms with Crippen LogP contribution >= 0.6 is 0 Å². The van der Waals surface area contributed by atoms with Gasteiger partial charge in [0.15, 0.2) is 0 Å². The molecule has 0 aromatic heterocycles. The van der Waals surface area contributed by atoms with Crippen LogP contribution in [0.5, 0.6) is 0 Å². The van der Waals surface area contributed by atoms with Crippen molar-refractivity contribution in [3.05, 3.63) is 12.2 Å². The molecule has 0 radical (unpaired) electrons. The molecule has 3 saturated carbocycles. The van der Waals surface area contributed by atoms with Crippen LogP contribution in [0.4, 0.5) is 4.79 Å². The van der Waals surface area contributed by atoms with Gasteiger partial charge in [-0.2, -0.15) is 0 Å². The maximum Gasteiger partial charge on any atom is 0.508 e. The second-order valence-corrected chi connectivity index (χ2v) is 11.5. The van der Waals surface area contributed by atoms with E-state index in [1.165, 1.54) is 44.9 Å². The molecule has 3 fully saturated rings. The lowest BCUT2D eigenvalue weighted by atomic mass is 9.46. The van der Waals surface area contributed by atoms with Crippen molar-refractivity contribution in [2.24, 2.45) is 34.5 Å². The van der Waals surface area contributed by atoms with Crippen molar-refractivity contribution in [2.45, 2.75) is 111 Å². The van der Waals surface area contributed by atoms with Gasteiger partial charge in [0.2, 0.25) is 0 Å². The van der Waals surface area contributed by atoms with Crippen LogP contribution in [0.1, 0.15) is 98.3 Å². The van der Waals surface area contributed by atoms with Crippen LogP contribution < -0.4 is 0 Å². The van der Waals surface area contributed by atoms with Crippen molar-refractivity contribution in [1.29, 1.82) is 0 Å². The summed E-state index contributed by atoms with van der Waals surface area (Å²) in [4.78, 5) is 12.4. The van der Waals surface area contributed by atoms with E-state index in [1.54, 1.807) is 0 Å². The Bertz CT molecular complexity index is 674. The lowest BCUT2D eigenvalue weighted by Gasteiger charge is -2.59. The highest BCUT2D eigenvalue weighted by Crippen LogP contribution is 2.65. The van der Waals surface area contributed by atoms with Gasteiger partial charge in [0, 0.05) is 12.0 Å². The first-order valence-electron chi connectivity index (χ1n) is 13.6. The standard InChI is InChI=1S/C28H46O4/c1-5-7-8-9-18-31-26(29)32-25-13-12-23-22-11-10-20-19-21(30-6-2)14-16-27(20,3)24(22)15-17-28(23,25)4/h14,16,20-25H,5-13,15,17-19H2,1-4H3/t20-,21-,22-,23-,24-,25-,27-,28-/m0/s1. The minimum Gasteiger partial charge on any atom is -0.434 e. The average Bonchev–Trinajstić information content (AvgIpc) is 3.10. The van der Waals surface area contributed by atoms with Crippen molar-refractivity contribution in [1.82, 2.24) is 0 Å². The highest BCUT2D eigenvalue weighted by molar-refractivity contribution is 5.60. The fourth-order valence-electron chi connectivity index (χ4n) is 8.09. The zero-order valence-electron chi connectivity index (χ0n) is 20.9. The van der Waals surface area contributed by atoms with E-state index in [9.17, 15) is 4.79 Å². The van der Waals surface area contributed by atoms with Crippen molar-refractivity contribution in [3.63, 3.8) is 0 Å². The van der Waals surface area contributed by atoms with Crippen LogP contribution in [0.25, 0.3) is 0 Å². The van der Waals surface area contributed by atoms with Crippen LogP contribution in [0, 0.1) is 34.5 Å². The summed E-state index contributed by atoms with van der Waals surface area (Å²) in [5.74, 6) is 2.91. The molecular weight excluding hydrogens is 400 g/mol. The SMILES string of the molecule is CCCCCCOC(=O)O[C@H]1CC[C@H]2[C@@H]3CC[C@H]4C[C@@H](OCC)C=C[C@]4(C)[C@H]3CC[C@]12C. The molecule has 0 spiro atoms. The number of allylic oxidation sites excluding steroid dienone is 1. The molecule has 0 saturated heterocycles. The highest BCUT2D eigenvalue weighted by Gasteiger charge is 2.60. The number of fused-ring (bicyclic) bond motifs is 5. The van der Waals surface area contributed by atoms with Crippen molar-refractivity contribution >= 4 is 6.16 Å². The molecule has 0 bridgehead atoms. The molecule has 4 aliphatic rings. The number of carbonyl (C=O) groups excluding carboxylic acids is 1. The third-order valence-electron chi connectivity index (χ3n) is 9.90. The summed E-state index contributed by atoms with van der Waals surface area (Å²) < 4.78 is 17.3. The van der Waals surface area contributed by atoms with Crippen LogP contribution in [0.2, 0.25) is 0 Å². The molecule has 8 atom stereocenters. The summed E-state index contributed by atoms with van der Waals surface area (Å²) in [6.07, 6.45) is 17.6. The smallest absolute Gasteiger partial charge is 0.434 e. The highest BCUT2D eigenvalue weighted by atomic mass is 16.7. The van der Waals surface area contributed by atoms with Gasteiger partial charge in [0.25, 0.3) is 0 Å². The largest absolute Gasteiger partial charge is 0.508 e. The van der Waals surface area contributed by atoms with Crippen molar-refractivity contribution < 1.29 is 19.0 Å². The number of hydrogen-bond acceptors (Lipinski definition) is 4. The Labute approximate surface area is 195 Å². The Hall–Kier alpha value is -1.03. The van der Waals surface area contributed by atoms with E-state index in [0.29, 0.717) is 24.0 Å². The molecule has 0 aromatic carbocycles. The van der Waals surface area contributed by atoms with Gasteiger partial charge in [-0.3, -0.25) is 0 Å². The van der Waals surface area contributed by atoms with Gasteiger partial charge in [0.05, 0.1) is 12.7 Å². The number of ether oxygens (including phenoxy) is 3. The Morgan fingerprint density at radius 3 is 2.62 bits per heavy atom. The van der Waals surface area contributed by atoms with Gasteiger partial charge in [-0.05, 0) is 87.4 Å². The molecular formula is C28H46O4. The monoisotopic (exact) mass is 446 g/mol. The van der Waals surface area contributed by atoms with Crippen LogP contribution in [0.15, 0.2) is 12.2 Å². The molecule has 0 unspecified atom stereocenters. The first-order chi connectivity index (χ1) is 15.4. The molecule has 4 nitrogen and oxygen atoms in total. The van der Waals surface area contributed by atoms with Crippen molar-refractivity contribution in [3.8, 4) is 0 Å². The fraction of sp³-hybridized carbons (Fsp3) is 0.893. The number of rotatable bonds is 8. The summed E-state index contributed by atoms with van der Waals surface area (Å²) >= 11 is 0. The van der Waals surface area contributed by atoms with E-state index in [-0.39, 0.29) is 11.5 Å². The molecule has 4 rings (SSSR count). The van der Waals surface area contributed by atoms with E-state index in [4.69, 9.17) is 14.2 Å². The van der Waals surface area contributed by atoms with Gasteiger partial charge in [0.1, 0.15) is 6.10 Å². The third-order valence-corrected chi connectivity index (χ3v) is 9.90. The normalized spacial score (nSPS) is 42.6. The quantitative estimate of drug-likeness (QED) is 0.223. The van der Waals surface area contributed by atoms with Gasteiger partial charge >= 0.3 is 6.16 Å². The average molecular weight is 447 g/mol. The molecule has 0 N–H and O–H groups in total. The maximum absolute atomic E-state index is 12.4. The van der Waals surface area contributed by atoms with Crippen LogP contribution in [0.3, 0.4) is 0 Å². The second-order valence-electron chi connectivity index (χ2n) is 11.5. The first kappa shape index (κ1) is 24.1. The fourth-order valence-corrected chi connectivity index (χ4v) is 8.09. The van der Waals surface area contributed by atoms with Crippen molar-refractivity contribution in [2.75, 3.05) is 13.2 Å². The Kier molecular flexibility index (Phi) is 7.59. The van der Waals surface area contributed by atoms with Crippen LogP contribution in [-0.4, -0.2) is 31.6 Å². The topological polar surface area (TPSA) is 44.8 Å². The predicted molar refractivity (Wildman–Crippen MR) is 127 cm³/mol. The number of hydrogen-bond donors (Lipinski definition) is 0. The number of unbranched alkanes of at least 4 members (excludes halogenated alkanes) is 3.